The van der Waals surface area contributed by atoms with E-state index in [0.717, 1.165) is 6.54 Å². The van der Waals surface area contributed by atoms with Gasteiger partial charge in [-0.3, -0.25) is 0 Å². The maximum absolute atomic E-state index is 10.5. The van der Waals surface area contributed by atoms with Crippen molar-refractivity contribution in [2.24, 2.45) is 7.05 Å². The Morgan fingerprint density at radius 1 is 1.00 bits per heavy atom. The first-order valence-electron chi connectivity index (χ1n) is 6.34. The first-order chi connectivity index (χ1) is 10.3. The van der Waals surface area contributed by atoms with Gasteiger partial charge in [0.1, 0.15) is 12.4 Å². The first-order valence-corrected chi connectivity index (χ1v) is 6.34. The van der Waals surface area contributed by atoms with E-state index in [0.29, 0.717) is 0 Å². The average Bonchev–Trinajstić information content (AvgIpc) is 3.01. The maximum atomic E-state index is 10.5. The summed E-state index contributed by atoms with van der Waals surface area (Å²) in [6, 6.07) is 0. The van der Waals surface area contributed by atoms with Crippen molar-refractivity contribution in [3.8, 4) is 0 Å². The molecule has 0 N–H and O–H groups in total. The Labute approximate surface area is 124 Å². The van der Waals surface area contributed by atoms with Gasteiger partial charge in [-0.1, -0.05) is 0 Å². The predicted octanol–water partition coefficient (Wildman–Crippen LogP) is -1.74. The summed E-state index contributed by atoms with van der Waals surface area (Å²) in [5.41, 5.74) is 0. The molecule has 1 aromatic rings. The summed E-state index contributed by atoms with van der Waals surface area (Å²) in [6.45, 7) is 2.03. The molecule has 2 saturated heterocycles. The number of aromatic nitrogens is 2. The van der Waals surface area contributed by atoms with Crippen molar-refractivity contribution < 1.29 is 42.4 Å². The lowest BCUT2D eigenvalue weighted by molar-refractivity contribution is -0.677. The molecule has 0 aromatic carbocycles. The molecule has 0 atom stereocenters. The quantitative estimate of drug-likeness (QED) is 0.341. The standard InChI is InChI=1S/C7H13N2.C4BO8/c1-4-9-6-5-8(3)7(9)2;6-1-2(7)11-5(10-1)12-3(8)4(9)13-5/h5-6H,4H2,1-3H3;/q+1;-1. The minimum Gasteiger partial charge on any atom is -0.576 e. The summed E-state index contributed by atoms with van der Waals surface area (Å²) in [6.07, 6.45) is 4.16. The largest absolute Gasteiger partial charge is 0.786 e. The van der Waals surface area contributed by atoms with Crippen LogP contribution in [0, 0.1) is 6.92 Å². The summed E-state index contributed by atoms with van der Waals surface area (Å²) < 4.78 is 20.8. The van der Waals surface area contributed by atoms with Crippen LogP contribution in [0.25, 0.3) is 0 Å². The van der Waals surface area contributed by atoms with E-state index >= 15 is 0 Å². The smallest absolute Gasteiger partial charge is 0.576 e. The Morgan fingerprint density at radius 2 is 1.41 bits per heavy atom. The summed E-state index contributed by atoms with van der Waals surface area (Å²) in [4.78, 5) is 41.9. The molecule has 1 spiro atoms. The van der Waals surface area contributed by atoms with Crippen molar-refractivity contribution in [2.45, 2.75) is 20.4 Å². The van der Waals surface area contributed by atoms with E-state index in [4.69, 9.17) is 0 Å². The van der Waals surface area contributed by atoms with Crippen molar-refractivity contribution in [1.29, 1.82) is 0 Å². The Kier molecular flexibility index (Phi) is 3.89. The Hall–Kier alpha value is -2.85. The fourth-order valence-electron chi connectivity index (χ4n) is 1.79. The molecule has 0 bridgehead atoms. The van der Waals surface area contributed by atoms with Gasteiger partial charge in [0.05, 0.1) is 13.6 Å². The molecular weight excluding hydrogens is 299 g/mol. The summed E-state index contributed by atoms with van der Waals surface area (Å²) in [5, 5.41) is 0. The topological polar surface area (TPSA) is 114 Å². The zero-order valence-electron chi connectivity index (χ0n) is 12.1. The number of nitrogens with zero attached hydrogens (tertiary/aromatic N) is 2. The number of hydrogen-bond donors (Lipinski definition) is 0. The molecule has 0 unspecified atom stereocenters. The lowest BCUT2D eigenvalue weighted by atomic mass is 10.1. The van der Waals surface area contributed by atoms with Crippen LogP contribution in [0.15, 0.2) is 12.4 Å². The van der Waals surface area contributed by atoms with Gasteiger partial charge < -0.3 is 18.6 Å². The van der Waals surface area contributed by atoms with Crippen molar-refractivity contribution >= 4 is 30.8 Å². The second-order valence-corrected chi connectivity index (χ2v) is 4.44. The predicted molar refractivity (Wildman–Crippen MR) is 66.1 cm³/mol. The molecule has 11 heteroatoms. The highest BCUT2D eigenvalue weighted by Gasteiger charge is 2.60. The third-order valence-electron chi connectivity index (χ3n) is 3.08. The number of carbonyl (C=O) groups is 4. The molecule has 0 radical (unpaired) electrons. The van der Waals surface area contributed by atoms with Crippen LogP contribution in [0.5, 0.6) is 0 Å². The molecule has 22 heavy (non-hydrogen) atoms. The third-order valence-corrected chi connectivity index (χ3v) is 3.08. The van der Waals surface area contributed by atoms with E-state index in [9.17, 15) is 19.2 Å². The van der Waals surface area contributed by atoms with Gasteiger partial charge in [0.15, 0.2) is 0 Å². The fourth-order valence-corrected chi connectivity index (χ4v) is 1.79. The van der Waals surface area contributed by atoms with Crippen molar-refractivity contribution in [1.82, 2.24) is 4.57 Å². The Morgan fingerprint density at radius 3 is 1.64 bits per heavy atom. The van der Waals surface area contributed by atoms with E-state index < -0.39 is 30.8 Å². The van der Waals surface area contributed by atoms with Crippen LogP contribution in [0.4, 0.5) is 0 Å². The van der Waals surface area contributed by atoms with Gasteiger partial charge in [-0.2, -0.15) is 0 Å². The van der Waals surface area contributed by atoms with Crippen molar-refractivity contribution in [2.75, 3.05) is 0 Å². The highest BCUT2D eigenvalue weighted by molar-refractivity contribution is 6.73. The minimum absolute atomic E-state index is 1.06. The minimum atomic E-state index is -3.30. The van der Waals surface area contributed by atoms with Crippen LogP contribution in [0.3, 0.4) is 0 Å². The number of imidazole rings is 1. The molecule has 0 saturated carbocycles. The van der Waals surface area contributed by atoms with Gasteiger partial charge in [-0.05, 0) is 6.92 Å². The molecule has 3 rings (SSSR count). The van der Waals surface area contributed by atoms with E-state index in [-0.39, 0.29) is 0 Å². The number of carbonyl (C=O) groups excluding carboxylic acids is 4. The molecule has 2 fully saturated rings. The monoisotopic (exact) mass is 312 g/mol. The zero-order chi connectivity index (χ0) is 16.5. The van der Waals surface area contributed by atoms with Gasteiger partial charge in [0, 0.05) is 6.92 Å². The molecule has 2 aliphatic rings. The van der Waals surface area contributed by atoms with Gasteiger partial charge >= 0.3 is 30.8 Å². The highest BCUT2D eigenvalue weighted by atomic mass is 17.0. The van der Waals surface area contributed by atoms with Crippen LogP contribution in [-0.2, 0) is 51.4 Å². The van der Waals surface area contributed by atoms with Gasteiger partial charge in [-0.15, -0.1) is 0 Å². The molecule has 0 aliphatic carbocycles. The number of rotatable bonds is 1. The van der Waals surface area contributed by atoms with Gasteiger partial charge in [0.2, 0.25) is 0 Å². The van der Waals surface area contributed by atoms with Crippen LogP contribution < -0.4 is 4.57 Å². The van der Waals surface area contributed by atoms with E-state index in [1.165, 1.54) is 5.82 Å². The summed E-state index contributed by atoms with van der Waals surface area (Å²) >= 11 is 0. The SMILES string of the molecule is CCn1cc[n+](C)c1C.O=C1O[B-]2(OC1=O)OC(=O)C(=O)O2. The fraction of sp³-hybridized carbons (Fsp3) is 0.364. The molecule has 10 nitrogen and oxygen atoms in total. The summed E-state index contributed by atoms with van der Waals surface area (Å²) in [7, 11) is 2.06. The molecular formula is C11H13BN2O8. The zero-order valence-corrected chi connectivity index (χ0v) is 12.1. The Balaban J connectivity index is 0.000000172. The van der Waals surface area contributed by atoms with Crippen molar-refractivity contribution in [3.63, 3.8) is 0 Å². The molecule has 118 valence electrons. The average molecular weight is 312 g/mol. The molecule has 2 aliphatic heterocycles. The molecule has 1 aromatic heterocycles. The van der Waals surface area contributed by atoms with Crippen LogP contribution >= 0.6 is 0 Å². The van der Waals surface area contributed by atoms with Gasteiger partial charge in [0.25, 0.3) is 5.82 Å². The van der Waals surface area contributed by atoms with Crippen molar-refractivity contribution in [3.05, 3.63) is 18.2 Å². The summed E-state index contributed by atoms with van der Waals surface area (Å²) in [5.74, 6) is -4.19. The lowest BCUT2D eigenvalue weighted by Gasteiger charge is -2.21. The second kappa shape index (κ2) is 5.50. The van der Waals surface area contributed by atoms with Crippen LogP contribution in [-0.4, -0.2) is 35.4 Å². The Bertz CT molecular complexity index is 598. The first kappa shape index (κ1) is 15.5. The second-order valence-electron chi connectivity index (χ2n) is 4.44. The number of aryl methyl sites for hydroxylation is 2. The molecule has 0 amide bonds. The van der Waals surface area contributed by atoms with E-state index in [1.807, 2.05) is 0 Å². The highest BCUT2D eigenvalue weighted by Crippen LogP contribution is 2.24. The van der Waals surface area contributed by atoms with E-state index in [1.54, 1.807) is 0 Å². The van der Waals surface area contributed by atoms with Gasteiger partial charge in [-0.25, -0.2) is 28.3 Å². The normalized spacial score (nSPS) is 18.3. The molecule has 3 heterocycles. The van der Waals surface area contributed by atoms with Crippen LogP contribution in [0.1, 0.15) is 12.7 Å². The van der Waals surface area contributed by atoms with E-state index in [2.05, 4.69) is 61.0 Å². The maximum Gasteiger partial charge on any atom is 0.786 e. The third kappa shape index (κ3) is 2.78. The lowest BCUT2D eigenvalue weighted by Crippen LogP contribution is -2.40. The van der Waals surface area contributed by atoms with Crippen LogP contribution in [0.2, 0.25) is 0 Å². The number of hydrogen-bond acceptors (Lipinski definition) is 8.